The SMILES string of the molecule is CC1CN(c2cc3ccccc3c(=O)[nH]2)C(C)CN1. The van der Waals surface area contributed by atoms with Gasteiger partial charge in [0.1, 0.15) is 5.82 Å². The Labute approximate surface area is 112 Å². The molecule has 1 aromatic carbocycles. The van der Waals surface area contributed by atoms with Crippen LogP contribution in [0.4, 0.5) is 5.82 Å². The molecule has 19 heavy (non-hydrogen) atoms. The summed E-state index contributed by atoms with van der Waals surface area (Å²) in [7, 11) is 0. The van der Waals surface area contributed by atoms with Gasteiger partial charge in [-0.3, -0.25) is 4.79 Å². The van der Waals surface area contributed by atoms with Crippen LogP contribution in [0.15, 0.2) is 35.1 Å². The Kier molecular flexibility index (Phi) is 3.03. The Morgan fingerprint density at radius 3 is 2.89 bits per heavy atom. The fraction of sp³-hybridized carbons (Fsp3) is 0.400. The molecule has 2 aromatic rings. The molecule has 0 bridgehead atoms. The number of benzene rings is 1. The summed E-state index contributed by atoms with van der Waals surface area (Å²) in [6.45, 7) is 6.19. The zero-order valence-electron chi connectivity index (χ0n) is 11.3. The van der Waals surface area contributed by atoms with Crippen LogP contribution in [0.5, 0.6) is 0 Å². The van der Waals surface area contributed by atoms with Crippen LogP contribution in [-0.4, -0.2) is 30.2 Å². The second-order valence-corrected chi connectivity index (χ2v) is 5.38. The van der Waals surface area contributed by atoms with Crippen molar-refractivity contribution >= 4 is 16.6 Å². The summed E-state index contributed by atoms with van der Waals surface area (Å²) in [5.41, 5.74) is -0.00788. The van der Waals surface area contributed by atoms with Crippen LogP contribution in [0.25, 0.3) is 10.8 Å². The van der Waals surface area contributed by atoms with E-state index in [1.165, 1.54) is 0 Å². The molecule has 2 atom stereocenters. The highest BCUT2D eigenvalue weighted by molar-refractivity contribution is 5.83. The van der Waals surface area contributed by atoms with E-state index in [-0.39, 0.29) is 5.56 Å². The Morgan fingerprint density at radius 2 is 2.05 bits per heavy atom. The van der Waals surface area contributed by atoms with Crippen LogP contribution in [0.3, 0.4) is 0 Å². The van der Waals surface area contributed by atoms with Crippen molar-refractivity contribution in [1.82, 2.24) is 10.3 Å². The highest BCUT2D eigenvalue weighted by Gasteiger charge is 2.23. The standard InChI is InChI=1S/C15H19N3O/c1-10-9-18(11(2)8-16-10)14-7-12-5-3-4-6-13(12)15(19)17-14/h3-7,10-11,16H,8-9H2,1-2H3,(H,17,19). The van der Waals surface area contributed by atoms with Crippen molar-refractivity contribution in [2.75, 3.05) is 18.0 Å². The summed E-state index contributed by atoms with van der Waals surface area (Å²) in [6.07, 6.45) is 0. The Balaban J connectivity index is 2.07. The van der Waals surface area contributed by atoms with Crippen molar-refractivity contribution in [2.45, 2.75) is 25.9 Å². The lowest BCUT2D eigenvalue weighted by Gasteiger charge is -2.38. The molecule has 0 radical (unpaired) electrons. The minimum Gasteiger partial charge on any atom is -0.353 e. The number of pyridine rings is 1. The van der Waals surface area contributed by atoms with Crippen LogP contribution in [0, 0.1) is 0 Å². The van der Waals surface area contributed by atoms with Crippen LogP contribution in [-0.2, 0) is 0 Å². The Hall–Kier alpha value is -1.81. The molecule has 3 rings (SSSR count). The van der Waals surface area contributed by atoms with Crippen molar-refractivity contribution in [1.29, 1.82) is 0 Å². The molecule has 0 saturated carbocycles. The number of H-pyrrole nitrogens is 1. The van der Waals surface area contributed by atoms with Gasteiger partial charge in [0.2, 0.25) is 0 Å². The van der Waals surface area contributed by atoms with E-state index < -0.39 is 0 Å². The Bertz CT molecular complexity index is 649. The molecule has 2 N–H and O–H groups in total. The smallest absolute Gasteiger partial charge is 0.257 e. The van der Waals surface area contributed by atoms with E-state index in [0.717, 1.165) is 29.7 Å². The first kappa shape index (κ1) is 12.2. The van der Waals surface area contributed by atoms with Gasteiger partial charge in [-0.05, 0) is 31.4 Å². The number of hydrogen-bond donors (Lipinski definition) is 2. The van der Waals surface area contributed by atoms with Gasteiger partial charge in [0.25, 0.3) is 5.56 Å². The maximum atomic E-state index is 12.1. The molecular formula is C15H19N3O. The van der Waals surface area contributed by atoms with E-state index in [0.29, 0.717) is 12.1 Å². The molecular weight excluding hydrogens is 238 g/mol. The average Bonchev–Trinajstić information content (AvgIpc) is 2.41. The van der Waals surface area contributed by atoms with Gasteiger partial charge in [-0.1, -0.05) is 18.2 Å². The van der Waals surface area contributed by atoms with Crippen molar-refractivity contribution in [2.24, 2.45) is 0 Å². The molecule has 0 aliphatic carbocycles. The summed E-state index contributed by atoms with van der Waals surface area (Å²) in [4.78, 5) is 17.4. The van der Waals surface area contributed by atoms with Gasteiger partial charge in [-0.15, -0.1) is 0 Å². The number of aromatic nitrogens is 1. The third-order valence-corrected chi connectivity index (χ3v) is 3.81. The van der Waals surface area contributed by atoms with E-state index in [9.17, 15) is 4.79 Å². The molecule has 1 saturated heterocycles. The average molecular weight is 257 g/mol. The molecule has 2 unspecified atom stereocenters. The molecule has 1 aliphatic heterocycles. The lowest BCUT2D eigenvalue weighted by molar-refractivity contribution is 0.422. The van der Waals surface area contributed by atoms with Crippen molar-refractivity contribution < 1.29 is 0 Å². The molecule has 100 valence electrons. The second-order valence-electron chi connectivity index (χ2n) is 5.38. The largest absolute Gasteiger partial charge is 0.353 e. The summed E-state index contributed by atoms with van der Waals surface area (Å²) in [5, 5.41) is 5.20. The monoisotopic (exact) mass is 257 g/mol. The molecule has 1 aliphatic rings. The minimum absolute atomic E-state index is 0.00788. The number of anilines is 1. The molecule has 4 nitrogen and oxygen atoms in total. The van der Waals surface area contributed by atoms with Crippen LogP contribution in [0.1, 0.15) is 13.8 Å². The summed E-state index contributed by atoms with van der Waals surface area (Å²) in [6, 6.07) is 10.6. The van der Waals surface area contributed by atoms with Gasteiger partial charge < -0.3 is 15.2 Å². The molecule has 0 spiro atoms. The first-order valence-corrected chi connectivity index (χ1v) is 6.77. The fourth-order valence-electron chi connectivity index (χ4n) is 2.71. The quantitative estimate of drug-likeness (QED) is 0.817. The second kappa shape index (κ2) is 4.70. The predicted octanol–water partition coefficient (Wildman–Crippen LogP) is 1.71. The van der Waals surface area contributed by atoms with Gasteiger partial charge in [-0.25, -0.2) is 0 Å². The maximum absolute atomic E-state index is 12.1. The number of hydrogen-bond acceptors (Lipinski definition) is 3. The van der Waals surface area contributed by atoms with Crippen molar-refractivity contribution in [3.63, 3.8) is 0 Å². The zero-order valence-corrected chi connectivity index (χ0v) is 11.3. The van der Waals surface area contributed by atoms with Crippen LogP contribution >= 0.6 is 0 Å². The maximum Gasteiger partial charge on any atom is 0.257 e. The highest BCUT2D eigenvalue weighted by Crippen LogP contribution is 2.20. The predicted molar refractivity (Wildman–Crippen MR) is 78.8 cm³/mol. The minimum atomic E-state index is -0.00788. The molecule has 1 fully saturated rings. The summed E-state index contributed by atoms with van der Waals surface area (Å²) < 4.78 is 0. The third-order valence-electron chi connectivity index (χ3n) is 3.81. The lowest BCUT2D eigenvalue weighted by Crippen LogP contribution is -2.55. The highest BCUT2D eigenvalue weighted by atomic mass is 16.1. The number of fused-ring (bicyclic) bond motifs is 1. The first-order valence-electron chi connectivity index (χ1n) is 6.77. The van der Waals surface area contributed by atoms with Gasteiger partial charge in [0, 0.05) is 30.6 Å². The third kappa shape index (κ3) is 2.24. The number of rotatable bonds is 1. The van der Waals surface area contributed by atoms with Crippen LogP contribution in [0.2, 0.25) is 0 Å². The van der Waals surface area contributed by atoms with Gasteiger partial charge in [-0.2, -0.15) is 0 Å². The van der Waals surface area contributed by atoms with Crippen LogP contribution < -0.4 is 15.8 Å². The van der Waals surface area contributed by atoms with E-state index in [4.69, 9.17) is 0 Å². The summed E-state index contributed by atoms with van der Waals surface area (Å²) in [5.74, 6) is 0.921. The zero-order chi connectivity index (χ0) is 13.4. The topological polar surface area (TPSA) is 48.1 Å². The molecule has 4 heteroatoms. The number of nitrogens with zero attached hydrogens (tertiary/aromatic N) is 1. The number of piperazine rings is 1. The first-order chi connectivity index (χ1) is 9.15. The van der Waals surface area contributed by atoms with Gasteiger partial charge >= 0.3 is 0 Å². The fourth-order valence-corrected chi connectivity index (χ4v) is 2.71. The van der Waals surface area contributed by atoms with E-state index >= 15 is 0 Å². The van der Waals surface area contributed by atoms with E-state index in [1.807, 2.05) is 24.3 Å². The molecule has 0 amide bonds. The van der Waals surface area contributed by atoms with Crippen molar-refractivity contribution in [3.05, 3.63) is 40.7 Å². The summed E-state index contributed by atoms with van der Waals surface area (Å²) >= 11 is 0. The van der Waals surface area contributed by atoms with Gasteiger partial charge in [0.15, 0.2) is 0 Å². The molecule has 2 heterocycles. The van der Waals surface area contributed by atoms with E-state index in [1.54, 1.807) is 0 Å². The van der Waals surface area contributed by atoms with Gasteiger partial charge in [0.05, 0.1) is 0 Å². The molecule has 1 aromatic heterocycles. The Morgan fingerprint density at radius 1 is 1.26 bits per heavy atom. The normalized spacial score (nSPS) is 23.8. The lowest BCUT2D eigenvalue weighted by atomic mass is 10.1. The number of nitrogens with one attached hydrogen (secondary N) is 2. The van der Waals surface area contributed by atoms with Crippen molar-refractivity contribution in [3.8, 4) is 0 Å². The number of aromatic amines is 1. The van der Waals surface area contributed by atoms with E-state index in [2.05, 4.69) is 35.1 Å².